The number of aliphatic hydroxyl groups excluding tert-OH is 1. The van der Waals surface area contributed by atoms with Gasteiger partial charge >= 0.3 is 6.18 Å². The number of anilines is 1. The Morgan fingerprint density at radius 2 is 2.09 bits per heavy atom. The Balaban J connectivity index is 1.84. The zero-order valence-corrected chi connectivity index (χ0v) is 13.1. The molecule has 2 atom stereocenters. The van der Waals surface area contributed by atoms with Crippen molar-refractivity contribution in [3.8, 4) is 0 Å². The predicted molar refractivity (Wildman–Crippen MR) is 79.0 cm³/mol. The Kier molecular flexibility index (Phi) is 4.22. The lowest BCUT2D eigenvalue weighted by molar-refractivity contribution is -0.141. The van der Waals surface area contributed by atoms with Crippen LogP contribution in [0.1, 0.15) is 25.0 Å². The number of hydrogen-bond acceptors (Lipinski definition) is 5. The summed E-state index contributed by atoms with van der Waals surface area (Å²) in [6.07, 6.45) is -1.40. The van der Waals surface area contributed by atoms with E-state index in [0.29, 0.717) is 19.5 Å². The molecule has 2 aliphatic heterocycles. The van der Waals surface area contributed by atoms with E-state index in [1.54, 1.807) is 4.90 Å². The van der Waals surface area contributed by atoms with Crippen molar-refractivity contribution in [3.63, 3.8) is 0 Å². The second-order valence-electron chi connectivity index (χ2n) is 6.67. The maximum Gasteiger partial charge on any atom is 0.433 e. The number of piperidine rings is 2. The molecular weight excluding hydrogens is 309 g/mol. The van der Waals surface area contributed by atoms with Gasteiger partial charge in [0.25, 0.3) is 0 Å². The summed E-state index contributed by atoms with van der Waals surface area (Å²) in [5.74, 6) is 0.0966. The topological polar surface area (TPSA) is 52.5 Å². The fourth-order valence-corrected chi connectivity index (χ4v) is 3.76. The zero-order valence-electron chi connectivity index (χ0n) is 13.1. The van der Waals surface area contributed by atoms with Crippen LogP contribution in [0.3, 0.4) is 0 Å². The minimum absolute atomic E-state index is 0.0966. The molecule has 1 N–H and O–H groups in total. The van der Waals surface area contributed by atoms with Crippen molar-refractivity contribution in [2.75, 3.05) is 38.1 Å². The van der Waals surface area contributed by atoms with E-state index in [0.717, 1.165) is 38.2 Å². The maximum atomic E-state index is 12.8. The van der Waals surface area contributed by atoms with E-state index in [1.807, 2.05) is 7.05 Å². The molecule has 1 aromatic rings. The highest BCUT2D eigenvalue weighted by atomic mass is 19.4. The molecule has 2 aliphatic rings. The normalized spacial score (nSPS) is 30.0. The Hall–Kier alpha value is -1.41. The molecule has 3 heterocycles. The molecule has 128 valence electrons. The molecular formula is C15H21F3N4O. The average Bonchev–Trinajstić information content (AvgIpc) is 2.51. The van der Waals surface area contributed by atoms with Gasteiger partial charge in [-0.1, -0.05) is 0 Å². The van der Waals surface area contributed by atoms with Gasteiger partial charge in [0, 0.05) is 37.8 Å². The molecule has 0 bridgehead atoms. The molecule has 0 amide bonds. The van der Waals surface area contributed by atoms with Crippen molar-refractivity contribution in [2.24, 2.45) is 5.41 Å². The Morgan fingerprint density at radius 3 is 2.83 bits per heavy atom. The number of halogens is 3. The first-order valence-corrected chi connectivity index (χ1v) is 7.82. The SMILES string of the molecule is CN1CC[C@H](O)[C@@]2(CCCN(c3nccc(C(F)(F)F)n3)C2)C1. The molecule has 5 nitrogen and oxygen atoms in total. The number of nitrogens with zero attached hydrogens (tertiary/aromatic N) is 4. The van der Waals surface area contributed by atoms with Gasteiger partial charge in [-0.25, -0.2) is 9.97 Å². The smallest absolute Gasteiger partial charge is 0.392 e. The minimum Gasteiger partial charge on any atom is -0.392 e. The molecule has 2 saturated heterocycles. The molecule has 0 aliphatic carbocycles. The highest BCUT2D eigenvalue weighted by molar-refractivity contribution is 5.33. The van der Waals surface area contributed by atoms with E-state index in [-0.39, 0.29) is 11.4 Å². The first-order valence-electron chi connectivity index (χ1n) is 7.82. The van der Waals surface area contributed by atoms with Gasteiger partial charge in [0.1, 0.15) is 5.69 Å². The van der Waals surface area contributed by atoms with Crippen molar-refractivity contribution in [1.29, 1.82) is 0 Å². The Morgan fingerprint density at radius 1 is 1.30 bits per heavy atom. The molecule has 0 saturated carbocycles. The fraction of sp³-hybridized carbons (Fsp3) is 0.733. The zero-order chi connectivity index (χ0) is 16.7. The van der Waals surface area contributed by atoms with Crippen LogP contribution in [0.4, 0.5) is 19.1 Å². The molecule has 3 rings (SSSR count). The van der Waals surface area contributed by atoms with E-state index >= 15 is 0 Å². The van der Waals surface area contributed by atoms with Crippen molar-refractivity contribution >= 4 is 5.95 Å². The van der Waals surface area contributed by atoms with Crippen LogP contribution in [0, 0.1) is 5.41 Å². The van der Waals surface area contributed by atoms with E-state index in [9.17, 15) is 18.3 Å². The number of aromatic nitrogens is 2. The molecule has 23 heavy (non-hydrogen) atoms. The Labute approximate surface area is 133 Å². The van der Waals surface area contributed by atoms with E-state index in [4.69, 9.17) is 0 Å². The lowest BCUT2D eigenvalue weighted by Gasteiger charge is -2.50. The highest BCUT2D eigenvalue weighted by Gasteiger charge is 2.45. The minimum atomic E-state index is -4.48. The van der Waals surface area contributed by atoms with Crippen LogP contribution >= 0.6 is 0 Å². The monoisotopic (exact) mass is 330 g/mol. The quantitative estimate of drug-likeness (QED) is 0.851. The summed E-state index contributed by atoms with van der Waals surface area (Å²) >= 11 is 0. The van der Waals surface area contributed by atoms with Gasteiger partial charge in [0.15, 0.2) is 0 Å². The van der Waals surface area contributed by atoms with Crippen LogP contribution in [-0.4, -0.2) is 59.3 Å². The second kappa shape index (κ2) is 5.90. The number of likely N-dealkylation sites (tertiary alicyclic amines) is 1. The molecule has 8 heteroatoms. The summed E-state index contributed by atoms with van der Waals surface area (Å²) in [7, 11) is 2.01. The van der Waals surface area contributed by atoms with Gasteiger partial charge in [-0.15, -0.1) is 0 Å². The van der Waals surface area contributed by atoms with Crippen LogP contribution in [0.15, 0.2) is 12.3 Å². The number of rotatable bonds is 1. The molecule has 1 spiro atoms. The van der Waals surface area contributed by atoms with E-state index < -0.39 is 18.0 Å². The number of hydrogen-bond donors (Lipinski definition) is 1. The summed E-state index contributed by atoms with van der Waals surface area (Å²) in [5, 5.41) is 10.5. The molecule has 1 aromatic heterocycles. The van der Waals surface area contributed by atoms with Gasteiger partial charge < -0.3 is 14.9 Å². The van der Waals surface area contributed by atoms with E-state index in [1.165, 1.54) is 0 Å². The Bertz CT molecular complexity index is 568. The van der Waals surface area contributed by atoms with Crippen molar-refractivity contribution in [2.45, 2.75) is 31.5 Å². The van der Waals surface area contributed by atoms with Gasteiger partial charge in [-0.3, -0.25) is 0 Å². The first kappa shape index (κ1) is 16.4. The molecule has 0 aromatic carbocycles. The van der Waals surface area contributed by atoms with Gasteiger partial charge in [-0.2, -0.15) is 13.2 Å². The van der Waals surface area contributed by atoms with Gasteiger partial charge in [0.05, 0.1) is 6.10 Å². The summed E-state index contributed by atoms with van der Waals surface area (Å²) in [5.41, 5.74) is -1.24. The number of alkyl halides is 3. The molecule has 2 fully saturated rings. The third kappa shape index (κ3) is 3.28. The van der Waals surface area contributed by atoms with E-state index in [2.05, 4.69) is 14.9 Å². The third-order valence-corrected chi connectivity index (χ3v) is 4.90. The van der Waals surface area contributed by atoms with Crippen molar-refractivity contribution < 1.29 is 18.3 Å². The predicted octanol–water partition coefficient (Wildman–Crippen LogP) is 1.78. The lowest BCUT2D eigenvalue weighted by Crippen LogP contribution is -2.58. The third-order valence-electron chi connectivity index (χ3n) is 4.90. The molecule has 0 unspecified atom stereocenters. The standard InChI is InChI=1S/C15H21F3N4O/c1-21-8-4-12(23)14(9-21)5-2-7-22(10-14)13-19-6-3-11(20-13)15(16,17)18/h3,6,12,23H,2,4-5,7-10H2,1H3/t12-,14-/m0/s1. The summed E-state index contributed by atoms with van der Waals surface area (Å²) < 4.78 is 38.5. The van der Waals surface area contributed by atoms with Crippen molar-refractivity contribution in [3.05, 3.63) is 18.0 Å². The van der Waals surface area contributed by atoms with Crippen LogP contribution in [0.25, 0.3) is 0 Å². The highest BCUT2D eigenvalue weighted by Crippen LogP contribution is 2.39. The average molecular weight is 330 g/mol. The largest absolute Gasteiger partial charge is 0.433 e. The summed E-state index contributed by atoms with van der Waals surface area (Å²) in [6.45, 7) is 2.67. The fourth-order valence-electron chi connectivity index (χ4n) is 3.76. The molecule has 0 radical (unpaired) electrons. The van der Waals surface area contributed by atoms with Crippen LogP contribution in [0.5, 0.6) is 0 Å². The first-order chi connectivity index (χ1) is 10.8. The van der Waals surface area contributed by atoms with Gasteiger partial charge in [-0.05, 0) is 32.4 Å². The lowest BCUT2D eigenvalue weighted by atomic mass is 9.72. The van der Waals surface area contributed by atoms with Gasteiger partial charge in [0.2, 0.25) is 5.95 Å². The van der Waals surface area contributed by atoms with Crippen molar-refractivity contribution in [1.82, 2.24) is 14.9 Å². The van der Waals surface area contributed by atoms with Crippen LogP contribution in [-0.2, 0) is 6.18 Å². The summed E-state index contributed by atoms with van der Waals surface area (Å²) in [4.78, 5) is 11.7. The second-order valence-corrected chi connectivity index (χ2v) is 6.67. The maximum absolute atomic E-state index is 12.8. The number of aliphatic hydroxyl groups is 1. The van der Waals surface area contributed by atoms with Crippen LogP contribution in [0.2, 0.25) is 0 Å². The summed E-state index contributed by atoms with van der Waals surface area (Å²) in [6, 6.07) is 0.881. The van der Waals surface area contributed by atoms with Crippen LogP contribution < -0.4 is 4.90 Å².